The molecular formula is C19H23N3O5S. The Morgan fingerprint density at radius 2 is 2.07 bits per heavy atom. The van der Waals surface area contributed by atoms with Crippen LogP contribution in [0.25, 0.3) is 0 Å². The van der Waals surface area contributed by atoms with Gasteiger partial charge >= 0.3 is 5.97 Å². The second kappa shape index (κ2) is 6.95. The number of carbonyl (C=O) groups excluding carboxylic acids is 3. The Kier molecular flexibility index (Phi) is 4.73. The number of hydrogen-bond acceptors (Lipinski definition) is 5. The smallest absolute Gasteiger partial charge is 0.321 e. The first kappa shape index (κ1) is 19.0. The van der Waals surface area contributed by atoms with E-state index in [4.69, 9.17) is 0 Å². The van der Waals surface area contributed by atoms with E-state index in [-0.39, 0.29) is 35.5 Å². The number of aliphatic carboxylic acids is 1. The molecule has 150 valence electrons. The summed E-state index contributed by atoms with van der Waals surface area (Å²) >= 11 is 1.27. The third-order valence-electron chi connectivity index (χ3n) is 5.72. The molecule has 2 aliphatic heterocycles. The Balaban J connectivity index is 1.53. The van der Waals surface area contributed by atoms with E-state index in [1.54, 1.807) is 0 Å². The molecule has 3 fully saturated rings. The summed E-state index contributed by atoms with van der Waals surface area (Å²) in [6, 6.07) is -0.593. The van der Waals surface area contributed by atoms with Crippen molar-refractivity contribution in [2.45, 2.75) is 50.1 Å². The largest absolute Gasteiger partial charge is 0.480 e. The molecule has 0 aromatic carbocycles. The Morgan fingerprint density at radius 1 is 1.32 bits per heavy atom. The molecule has 3 amide bonds. The first-order chi connectivity index (χ1) is 13.3. The average Bonchev–Trinajstić information content (AvgIpc) is 3.49. The first-order valence-electron chi connectivity index (χ1n) is 9.45. The van der Waals surface area contributed by atoms with Gasteiger partial charge in [-0.2, -0.15) is 0 Å². The fraction of sp³-hybridized carbons (Fsp3) is 0.579. The van der Waals surface area contributed by atoms with Crippen LogP contribution in [0.3, 0.4) is 0 Å². The predicted octanol–water partition coefficient (Wildman–Crippen LogP) is 0.702. The summed E-state index contributed by atoms with van der Waals surface area (Å²) in [4.78, 5) is 52.8. The topological polar surface area (TPSA) is 107 Å². The third kappa shape index (κ3) is 3.01. The lowest BCUT2D eigenvalue weighted by molar-refractivity contribution is -0.167. The summed E-state index contributed by atoms with van der Waals surface area (Å²) < 4.78 is 0. The number of rotatable bonds is 5. The highest BCUT2D eigenvalue weighted by Crippen LogP contribution is 2.45. The van der Waals surface area contributed by atoms with Crippen molar-refractivity contribution >= 4 is 35.5 Å². The Morgan fingerprint density at radius 3 is 2.64 bits per heavy atom. The Hall–Kier alpha value is -2.29. The molecule has 2 N–H and O–H groups in total. The summed E-state index contributed by atoms with van der Waals surface area (Å²) in [5.41, 5.74) is -0.840. The van der Waals surface area contributed by atoms with Crippen LogP contribution >= 0.6 is 11.8 Å². The minimum Gasteiger partial charge on any atom is -0.480 e. The fourth-order valence-corrected chi connectivity index (χ4v) is 5.51. The molecule has 0 radical (unpaired) electrons. The minimum absolute atomic E-state index is 0.0470. The second-order valence-corrected chi connectivity index (χ2v) is 8.85. The maximum Gasteiger partial charge on any atom is 0.321 e. The van der Waals surface area contributed by atoms with E-state index in [1.807, 2.05) is 18.2 Å². The molecule has 2 heterocycles. The number of carboxylic acids is 1. The van der Waals surface area contributed by atoms with E-state index in [9.17, 15) is 24.3 Å². The van der Waals surface area contributed by atoms with Crippen LogP contribution in [0.5, 0.6) is 0 Å². The standard InChI is InChI=1S/C19H23N3O5S/c1-11(23)22(13-5-3-2-4-6-13)14-15(24)21-9-19(18(26)27,10-28-16(14)21)17(25)20-12-7-8-12/h2-3,6,12,14,16H,4-5,7-10H2,1H3,(H,20,25)(H,26,27)/t14?,16-,19?/m1/s1. The molecule has 0 aromatic heterocycles. The van der Waals surface area contributed by atoms with Gasteiger partial charge in [-0.15, -0.1) is 11.8 Å². The third-order valence-corrected chi connectivity index (χ3v) is 7.23. The van der Waals surface area contributed by atoms with Crippen LogP contribution in [-0.2, 0) is 19.2 Å². The number of fused-ring (bicyclic) bond motifs is 1. The van der Waals surface area contributed by atoms with Gasteiger partial charge in [0, 0.05) is 37.4 Å². The zero-order valence-corrected chi connectivity index (χ0v) is 16.4. The molecule has 3 atom stereocenters. The van der Waals surface area contributed by atoms with Gasteiger partial charge in [0.15, 0.2) is 5.41 Å². The maximum absolute atomic E-state index is 12.9. The van der Waals surface area contributed by atoms with Gasteiger partial charge in [0.05, 0.1) is 0 Å². The van der Waals surface area contributed by atoms with E-state index in [1.165, 1.54) is 28.5 Å². The molecule has 2 saturated heterocycles. The van der Waals surface area contributed by atoms with Crippen LogP contribution in [0.2, 0.25) is 0 Å². The highest BCUT2D eigenvalue weighted by molar-refractivity contribution is 8.00. The van der Waals surface area contributed by atoms with Gasteiger partial charge in [0.2, 0.25) is 17.7 Å². The van der Waals surface area contributed by atoms with Gasteiger partial charge in [0.25, 0.3) is 0 Å². The van der Waals surface area contributed by atoms with Crippen molar-refractivity contribution in [2.75, 3.05) is 12.3 Å². The van der Waals surface area contributed by atoms with Gasteiger partial charge in [-0.3, -0.25) is 19.2 Å². The highest BCUT2D eigenvalue weighted by Gasteiger charge is 2.62. The highest BCUT2D eigenvalue weighted by atomic mass is 32.2. The van der Waals surface area contributed by atoms with Crippen molar-refractivity contribution in [3.63, 3.8) is 0 Å². The van der Waals surface area contributed by atoms with Crippen LogP contribution in [0, 0.1) is 5.41 Å². The molecule has 9 heteroatoms. The molecular weight excluding hydrogens is 382 g/mol. The van der Waals surface area contributed by atoms with E-state index in [0.29, 0.717) is 12.8 Å². The van der Waals surface area contributed by atoms with Crippen LogP contribution in [-0.4, -0.2) is 68.4 Å². The number of nitrogens with zero attached hydrogens (tertiary/aromatic N) is 2. The number of thioether (sulfide) groups is 1. The predicted molar refractivity (Wildman–Crippen MR) is 102 cm³/mol. The number of carboxylic acid groups (broad SMARTS) is 1. The Bertz CT molecular complexity index is 805. The molecule has 0 bridgehead atoms. The van der Waals surface area contributed by atoms with Gasteiger partial charge in [0.1, 0.15) is 11.4 Å². The maximum atomic E-state index is 12.9. The summed E-state index contributed by atoms with van der Waals surface area (Å²) in [5, 5.41) is 12.2. The van der Waals surface area contributed by atoms with Crippen LogP contribution in [0.1, 0.15) is 32.6 Å². The van der Waals surface area contributed by atoms with E-state index >= 15 is 0 Å². The normalized spacial score (nSPS) is 31.4. The van der Waals surface area contributed by atoms with Crippen molar-refractivity contribution in [1.82, 2.24) is 15.1 Å². The average molecular weight is 405 g/mol. The van der Waals surface area contributed by atoms with E-state index in [0.717, 1.165) is 18.5 Å². The Labute approximate surface area is 167 Å². The summed E-state index contributed by atoms with van der Waals surface area (Å²) in [6.07, 6.45) is 8.94. The number of amides is 3. The monoisotopic (exact) mass is 405 g/mol. The molecule has 28 heavy (non-hydrogen) atoms. The number of hydrogen-bond donors (Lipinski definition) is 2. The number of carbonyl (C=O) groups is 4. The van der Waals surface area contributed by atoms with Gasteiger partial charge in [-0.05, 0) is 19.3 Å². The minimum atomic E-state index is -1.64. The SMILES string of the molecule is CC(=O)N(C1=CCC=CC1)C1C(=O)N2CC(C(=O)O)(C(=O)NC3CC3)CS[C@H]12. The molecule has 2 aliphatic carbocycles. The first-order valence-corrected chi connectivity index (χ1v) is 10.5. The second-order valence-electron chi connectivity index (χ2n) is 7.74. The molecule has 1 saturated carbocycles. The summed E-state index contributed by atoms with van der Waals surface area (Å²) in [7, 11) is 0. The summed E-state index contributed by atoms with van der Waals surface area (Å²) in [5.74, 6) is -2.16. The molecule has 2 unspecified atom stereocenters. The zero-order chi connectivity index (χ0) is 20.1. The summed E-state index contributed by atoms with van der Waals surface area (Å²) in [6.45, 7) is 1.28. The molecule has 4 rings (SSSR count). The lowest BCUT2D eigenvalue weighted by Crippen LogP contribution is -2.75. The number of nitrogens with one attached hydrogen (secondary N) is 1. The molecule has 4 aliphatic rings. The van der Waals surface area contributed by atoms with Crippen LogP contribution in [0.15, 0.2) is 23.9 Å². The van der Waals surface area contributed by atoms with Crippen molar-refractivity contribution in [3.8, 4) is 0 Å². The van der Waals surface area contributed by atoms with Gasteiger partial charge in [-0.25, -0.2) is 0 Å². The van der Waals surface area contributed by atoms with Crippen molar-refractivity contribution in [3.05, 3.63) is 23.9 Å². The zero-order valence-electron chi connectivity index (χ0n) is 15.6. The van der Waals surface area contributed by atoms with Gasteiger partial charge in [-0.1, -0.05) is 18.2 Å². The van der Waals surface area contributed by atoms with Crippen molar-refractivity contribution in [1.29, 1.82) is 0 Å². The fourth-order valence-electron chi connectivity index (χ4n) is 3.93. The molecule has 0 spiro atoms. The molecule has 0 aromatic rings. The van der Waals surface area contributed by atoms with Crippen LogP contribution < -0.4 is 5.32 Å². The number of β-lactam (4-membered cyclic amide) rings is 1. The van der Waals surface area contributed by atoms with Crippen molar-refractivity contribution in [2.24, 2.45) is 5.41 Å². The number of allylic oxidation sites excluding steroid dienone is 3. The van der Waals surface area contributed by atoms with E-state index in [2.05, 4.69) is 5.32 Å². The molecule has 8 nitrogen and oxygen atoms in total. The lowest BCUT2D eigenvalue weighted by Gasteiger charge is -2.56. The van der Waals surface area contributed by atoms with Crippen molar-refractivity contribution < 1.29 is 24.3 Å². The lowest BCUT2D eigenvalue weighted by atomic mass is 9.85. The van der Waals surface area contributed by atoms with Crippen LogP contribution in [0.4, 0.5) is 0 Å². The van der Waals surface area contributed by atoms with Gasteiger partial charge < -0.3 is 20.2 Å². The van der Waals surface area contributed by atoms with E-state index < -0.39 is 23.3 Å². The quantitative estimate of drug-likeness (QED) is 0.396.